The highest BCUT2D eigenvalue weighted by Crippen LogP contribution is 2.49. The maximum atomic E-state index is 12.6. The van der Waals surface area contributed by atoms with Crippen molar-refractivity contribution < 1.29 is 55.2 Å². The minimum atomic E-state index is -3.03. The van der Waals surface area contributed by atoms with Crippen LogP contribution in [0.3, 0.4) is 0 Å². The van der Waals surface area contributed by atoms with Crippen molar-refractivity contribution in [1.29, 1.82) is 0 Å². The van der Waals surface area contributed by atoms with E-state index in [2.05, 4.69) is 15.9 Å². The van der Waals surface area contributed by atoms with Crippen LogP contribution in [-0.2, 0) is 68.0 Å². The average Bonchev–Trinajstić information content (AvgIpc) is 3.60. The molecule has 18 heteroatoms. The van der Waals surface area contributed by atoms with Gasteiger partial charge in [0.15, 0.2) is 0 Å². The summed E-state index contributed by atoms with van der Waals surface area (Å²) in [5.41, 5.74) is 0.982. The summed E-state index contributed by atoms with van der Waals surface area (Å²) in [6.07, 6.45) is 2.09. The zero-order chi connectivity index (χ0) is 45.4. The smallest absolute Gasteiger partial charge is 0.405 e. The summed E-state index contributed by atoms with van der Waals surface area (Å²) in [6.45, 7) is 33.2. The van der Waals surface area contributed by atoms with Crippen molar-refractivity contribution in [2.75, 3.05) is 38.8 Å². The molecule has 0 atom stereocenters. The van der Waals surface area contributed by atoms with E-state index in [4.69, 9.17) is 46.0 Å². The Morgan fingerprint density at radius 1 is 0.500 bits per heavy atom. The van der Waals surface area contributed by atoms with Gasteiger partial charge < -0.3 is 46.0 Å². The molecule has 3 fully saturated rings. The molecule has 338 valence electrons. The van der Waals surface area contributed by atoms with Crippen molar-refractivity contribution in [3.05, 3.63) is 64.1 Å². The van der Waals surface area contributed by atoms with E-state index in [-0.39, 0.29) is 33.6 Å². The molecule has 0 bridgehead atoms. The van der Waals surface area contributed by atoms with Crippen molar-refractivity contribution in [3.63, 3.8) is 0 Å². The Kier molecular flexibility index (Phi) is 19.1. The molecular weight excluding hydrogens is 871 g/mol. The molecule has 3 aliphatic heterocycles. The van der Waals surface area contributed by atoms with E-state index in [1.807, 2.05) is 159 Å². The third kappa shape index (κ3) is 14.3. The lowest BCUT2D eigenvalue weighted by atomic mass is 9.49. The van der Waals surface area contributed by atoms with E-state index in [9.17, 15) is 9.13 Å². The Hall–Kier alpha value is -0.825. The van der Waals surface area contributed by atoms with E-state index in [0.717, 1.165) is 21.1 Å². The van der Waals surface area contributed by atoms with Gasteiger partial charge in [-0.15, -0.1) is 0 Å². The van der Waals surface area contributed by atoms with Gasteiger partial charge in [0.25, 0.3) is 0 Å². The van der Waals surface area contributed by atoms with Crippen LogP contribution in [0.4, 0.5) is 0 Å². The zero-order valence-electron chi connectivity index (χ0n) is 39.2. The topological polar surface area (TPSA) is 126 Å². The van der Waals surface area contributed by atoms with Crippen molar-refractivity contribution in [2.24, 2.45) is 0 Å². The first-order valence-electron chi connectivity index (χ1n) is 21.3. The Bertz CT molecular complexity index is 1670. The van der Waals surface area contributed by atoms with Crippen LogP contribution < -0.4 is 5.46 Å². The molecule has 3 aliphatic rings. The zero-order valence-corrected chi connectivity index (χ0v) is 42.6. The third-order valence-corrected chi connectivity index (χ3v) is 16.4. The lowest BCUT2D eigenvalue weighted by Crippen LogP contribution is -2.41. The Labute approximate surface area is 371 Å². The minimum Gasteiger partial charge on any atom is -0.405 e. The fourth-order valence-electron chi connectivity index (χ4n) is 6.22. The average molecular weight is 943 g/mol. The van der Waals surface area contributed by atoms with Crippen LogP contribution >= 0.6 is 31.1 Å². The second-order valence-corrected chi connectivity index (χ2v) is 23.3. The quantitative estimate of drug-likeness (QED) is 0.117. The Morgan fingerprint density at radius 2 is 0.817 bits per heavy atom. The third-order valence-electron chi connectivity index (χ3n) is 11.8. The minimum absolute atomic E-state index is 0.360. The second-order valence-electron chi connectivity index (χ2n) is 18.1. The summed E-state index contributed by atoms with van der Waals surface area (Å²) in [4.78, 5) is 0. The van der Waals surface area contributed by atoms with Crippen LogP contribution in [-0.4, -0.2) is 93.5 Å². The fourth-order valence-corrected chi connectivity index (χ4v) is 9.97. The number of halogens is 1. The number of rotatable bonds is 16. The molecule has 12 nitrogen and oxygen atoms in total. The summed E-state index contributed by atoms with van der Waals surface area (Å²) < 4.78 is 83.1. The van der Waals surface area contributed by atoms with Crippen molar-refractivity contribution in [3.8, 4) is 0 Å². The Balaban J connectivity index is 0.000000247. The highest BCUT2D eigenvalue weighted by molar-refractivity contribution is 9.10. The first-order chi connectivity index (χ1) is 27.6. The van der Waals surface area contributed by atoms with Gasteiger partial charge in [-0.1, -0.05) is 52.3 Å². The number of aryl methyl sites for hydroxylation is 2. The fraction of sp³-hybridized carbons (Fsp3) is 0.714. The van der Waals surface area contributed by atoms with Gasteiger partial charge >= 0.3 is 36.3 Å². The van der Waals surface area contributed by atoms with Crippen LogP contribution in [0.1, 0.15) is 122 Å². The summed E-state index contributed by atoms with van der Waals surface area (Å²) in [7, 11) is -7.29. The van der Waals surface area contributed by atoms with E-state index >= 15 is 0 Å². The van der Waals surface area contributed by atoms with E-state index < -0.39 is 36.3 Å². The number of hydrogen-bond acceptors (Lipinski definition) is 12. The lowest BCUT2D eigenvalue weighted by molar-refractivity contribution is 0.00578. The Morgan fingerprint density at radius 3 is 1.15 bits per heavy atom. The molecule has 5 rings (SSSR count). The van der Waals surface area contributed by atoms with Crippen molar-refractivity contribution in [2.45, 2.75) is 157 Å². The molecule has 2 aromatic rings. The normalized spacial score (nSPS) is 21.0. The predicted molar refractivity (Wildman–Crippen MR) is 247 cm³/mol. The first kappa shape index (κ1) is 53.5. The monoisotopic (exact) mass is 942 g/mol. The van der Waals surface area contributed by atoms with Gasteiger partial charge in [0.05, 0.1) is 72.4 Å². The van der Waals surface area contributed by atoms with Gasteiger partial charge in [0.1, 0.15) is 0 Å². The van der Waals surface area contributed by atoms with Gasteiger partial charge in [-0.2, -0.15) is 0 Å². The summed E-state index contributed by atoms with van der Waals surface area (Å²) >= 11 is 3.41. The predicted octanol–water partition coefficient (Wildman–Crippen LogP) is 10.3. The molecule has 0 N–H and O–H groups in total. The molecule has 2 aromatic carbocycles. The van der Waals surface area contributed by atoms with Gasteiger partial charge in [-0.05, 0) is 152 Å². The summed E-state index contributed by atoms with van der Waals surface area (Å²) in [6, 6.07) is 16.0. The van der Waals surface area contributed by atoms with Gasteiger partial charge in [0.2, 0.25) is 0 Å². The van der Waals surface area contributed by atoms with Crippen LogP contribution in [0.15, 0.2) is 53.0 Å². The van der Waals surface area contributed by atoms with Gasteiger partial charge in [-0.25, -0.2) is 0 Å². The molecule has 0 amide bonds. The lowest BCUT2D eigenvalue weighted by Gasteiger charge is -2.32. The molecule has 0 aromatic heterocycles. The van der Waals surface area contributed by atoms with E-state index in [1.165, 1.54) is 0 Å². The molecule has 0 radical (unpaired) electrons. The SMILES string of the molecule is CC1(C)OB(B2OC(C)(C)C(C)(C)O2)OC1(C)C.CCOP(=O)(CCc1cccc(B2OC(C)(C)C(C)(C)O2)c1)OCC.CCOP(=O)(CCc1cccc(Br)c1)OCC. The van der Waals surface area contributed by atoms with Crippen LogP contribution in [0.5, 0.6) is 0 Å². The van der Waals surface area contributed by atoms with E-state index in [1.54, 1.807) is 0 Å². The molecule has 0 saturated carbocycles. The molecular formula is C42H72B3BrO12P2. The van der Waals surface area contributed by atoms with Crippen molar-refractivity contribution >= 4 is 57.7 Å². The number of benzene rings is 2. The number of hydrogen-bond donors (Lipinski definition) is 0. The largest absolute Gasteiger partial charge is 0.494 e. The second kappa shape index (κ2) is 21.4. The molecule has 0 aliphatic carbocycles. The van der Waals surface area contributed by atoms with Gasteiger partial charge in [-0.3, -0.25) is 9.13 Å². The molecule has 0 unspecified atom stereocenters. The maximum absolute atomic E-state index is 12.6. The molecule has 3 heterocycles. The van der Waals surface area contributed by atoms with Gasteiger partial charge in [0, 0.05) is 4.47 Å². The van der Waals surface area contributed by atoms with Crippen LogP contribution in [0, 0.1) is 0 Å². The molecule has 0 spiro atoms. The summed E-state index contributed by atoms with van der Waals surface area (Å²) in [5, 5.41) is 0. The highest BCUT2D eigenvalue weighted by Gasteiger charge is 2.63. The summed E-state index contributed by atoms with van der Waals surface area (Å²) in [5.74, 6) is 0. The molecule has 3 saturated heterocycles. The highest BCUT2D eigenvalue weighted by atomic mass is 79.9. The maximum Gasteiger partial charge on any atom is 0.494 e. The first-order valence-corrected chi connectivity index (χ1v) is 25.5. The van der Waals surface area contributed by atoms with Crippen molar-refractivity contribution in [1.82, 2.24) is 0 Å². The van der Waals surface area contributed by atoms with Crippen LogP contribution in [0.25, 0.3) is 0 Å². The molecule has 60 heavy (non-hydrogen) atoms. The van der Waals surface area contributed by atoms with Crippen LogP contribution in [0.2, 0.25) is 0 Å². The van der Waals surface area contributed by atoms with E-state index in [0.29, 0.717) is 51.6 Å². The standard InChI is InChI=1S/C18H30BO5P.C12H24B2O4.C12H18BrO3P/c1-7-21-25(20,22-8-2)13-12-15-10-9-11-16(14-15)19-23-17(3,4)18(5,6)24-19;1-9(2)10(3,4)16-13(15-9)14-17-11(5,6)12(7,8)18-14;1-3-15-17(14,16-4-2)9-8-11-6-5-7-12(13)10-11/h9-11,14H,7-8,12-13H2,1-6H3;1-8H3;5-7,10H,3-4,8-9H2,1-2H3.